The van der Waals surface area contributed by atoms with Crippen molar-refractivity contribution in [3.8, 4) is 5.69 Å². The molecule has 0 aliphatic heterocycles. The highest BCUT2D eigenvalue weighted by Crippen LogP contribution is 2.27. The van der Waals surface area contributed by atoms with Gasteiger partial charge in [-0.3, -0.25) is 4.57 Å². The van der Waals surface area contributed by atoms with Crippen LogP contribution in [0.5, 0.6) is 0 Å². The number of benzene rings is 2. The van der Waals surface area contributed by atoms with Gasteiger partial charge in [-0.1, -0.05) is 15.9 Å². The van der Waals surface area contributed by atoms with Gasteiger partial charge >= 0.3 is 0 Å². The molecular weight excluding hydrogens is 422 g/mol. The van der Waals surface area contributed by atoms with Crippen LogP contribution in [0.4, 0.5) is 4.39 Å². The van der Waals surface area contributed by atoms with Crippen LogP contribution in [-0.4, -0.2) is 15.4 Å². The Kier molecular flexibility index (Phi) is 4.33. The first kappa shape index (κ1) is 15.0. The lowest BCUT2D eigenvalue weighted by molar-refractivity contribution is 0.620. The summed E-state index contributed by atoms with van der Waals surface area (Å²) >= 11 is 12.6. The van der Waals surface area contributed by atoms with E-state index in [1.807, 2.05) is 22.8 Å². The molecule has 0 atom stereocenters. The average molecular weight is 433 g/mol. The van der Waals surface area contributed by atoms with Crippen LogP contribution in [0.15, 0.2) is 45.3 Å². The van der Waals surface area contributed by atoms with Crippen LogP contribution in [0.2, 0.25) is 0 Å². The molecular formula is C15H10Br2ClFN2. The number of alkyl halides is 1. The van der Waals surface area contributed by atoms with Gasteiger partial charge in [0.05, 0.1) is 15.5 Å². The molecule has 0 N–H and O–H groups in total. The molecule has 0 saturated carbocycles. The largest absolute Gasteiger partial charge is 0.296 e. The first-order chi connectivity index (χ1) is 10.1. The van der Waals surface area contributed by atoms with Crippen molar-refractivity contribution in [2.24, 2.45) is 0 Å². The van der Waals surface area contributed by atoms with Gasteiger partial charge in [0, 0.05) is 22.5 Å². The molecule has 0 saturated heterocycles. The Bertz CT molecular complexity index is 817. The molecule has 0 bridgehead atoms. The summed E-state index contributed by atoms with van der Waals surface area (Å²) in [5, 5.41) is 0. The summed E-state index contributed by atoms with van der Waals surface area (Å²) in [5.41, 5.74) is 2.70. The molecule has 0 amide bonds. The summed E-state index contributed by atoms with van der Waals surface area (Å²) in [6.07, 6.45) is 0.642. The number of aromatic nitrogens is 2. The van der Waals surface area contributed by atoms with Crippen molar-refractivity contribution in [2.45, 2.75) is 6.42 Å². The Morgan fingerprint density at radius 2 is 1.95 bits per heavy atom. The van der Waals surface area contributed by atoms with E-state index < -0.39 is 0 Å². The van der Waals surface area contributed by atoms with E-state index in [4.69, 9.17) is 11.6 Å². The number of fused-ring (bicyclic) bond motifs is 1. The Balaban J connectivity index is 2.29. The minimum atomic E-state index is -0.289. The fourth-order valence-corrected chi connectivity index (χ4v) is 3.15. The summed E-state index contributed by atoms with van der Waals surface area (Å²) in [4.78, 5) is 4.62. The van der Waals surface area contributed by atoms with Crippen molar-refractivity contribution in [3.05, 3.63) is 57.0 Å². The van der Waals surface area contributed by atoms with Gasteiger partial charge in [-0.15, -0.1) is 11.6 Å². The molecule has 2 aromatic carbocycles. The number of hydrogen-bond acceptors (Lipinski definition) is 1. The summed E-state index contributed by atoms with van der Waals surface area (Å²) in [6, 6.07) is 10.8. The molecule has 0 radical (unpaired) electrons. The second kappa shape index (κ2) is 6.07. The maximum Gasteiger partial charge on any atom is 0.137 e. The van der Waals surface area contributed by atoms with Gasteiger partial charge in [-0.05, 0) is 52.3 Å². The van der Waals surface area contributed by atoms with E-state index in [0.29, 0.717) is 16.8 Å². The molecule has 0 aliphatic carbocycles. The molecule has 3 aromatic rings. The van der Waals surface area contributed by atoms with Crippen molar-refractivity contribution in [1.29, 1.82) is 0 Å². The summed E-state index contributed by atoms with van der Waals surface area (Å²) in [6.45, 7) is 0. The molecule has 108 valence electrons. The smallest absolute Gasteiger partial charge is 0.137 e. The molecule has 0 aliphatic rings. The van der Waals surface area contributed by atoms with E-state index in [1.54, 1.807) is 12.1 Å². The number of rotatable bonds is 3. The molecule has 0 unspecified atom stereocenters. The van der Waals surface area contributed by atoms with Crippen LogP contribution in [-0.2, 0) is 6.42 Å². The topological polar surface area (TPSA) is 17.8 Å². The van der Waals surface area contributed by atoms with Gasteiger partial charge in [0.25, 0.3) is 0 Å². The van der Waals surface area contributed by atoms with E-state index in [-0.39, 0.29) is 5.82 Å². The van der Waals surface area contributed by atoms with Crippen LogP contribution in [0.3, 0.4) is 0 Å². The molecule has 0 fully saturated rings. The Labute approximate surface area is 143 Å². The minimum absolute atomic E-state index is 0.289. The number of aryl methyl sites for hydroxylation is 1. The Hall–Kier alpha value is -0.910. The molecule has 2 nitrogen and oxygen atoms in total. The summed E-state index contributed by atoms with van der Waals surface area (Å²) < 4.78 is 16.9. The predicted octanol–water partition coefficient (Wildman–Crippen LogP) is 5.47. The number of hydrogen-bond donors (Lipinski definition) is 0. The third-order valence-corrected chi connectivity index (χ3v) is 4.46. The third-order valence-electron chi connectivity index (χ3n) is 3.17. The lowest BCUT2D eigenvalue weighted by atomic mass is 10.2. The average Bonchev–Trinajstić information content (AvgIpc) is 2.80. The van der Waals surface area contributed by atoms with Crippen LogP contribution in [0.1, 0.15) is 5.82 Å². The first-order valence-corrected chi connectivity index (χ1v) is 8.40. The van der Waals surface area contributed by atoms with Crippen LogP contribution < -0.4 is 0 Å². The maximum atomic E-state index is 13.5. The zero-order valence-electron chi connectivity index (χ0n) is 10.8. The predicted molar refractivity (Wildman–Crippen MR) is 90.9 cm³/mol. The second-order valence-corrected chi connectivity index (χ2v) is 6.68. The standard InChI is InChI=1S/C15H10Br2ClFN2/c16-9-1-4-13-14(7-9)21(15(20-13)5-6-18)10-2-3-12(19)11(17)8-10/h1-4,7-8H,5-6H2. The Morgan fingerprint density at radius 1 is 1.14 bits per heavy atom. The van der Waals surface area contributed by atoms with Crippen molar-refractivity contribution >= 4 is 54.5 Å². The Morgan fingerprint density at radius 3 is 2.67 bits per heavy atom. The SMILES string of the molecule is Fc1ccc(-n2c(CCCl)nc3ccc(Br)cc32)cc1Br. The first-order valence-electron chi connectivity index (χ1n) is 6.28. The normalized spacial score (nSPS) is 11.2. The zero-order chi connectivity index (χ0) is 15.0. The molecule has 6 heteroatoms. The van der Waals surface area contributed by atoms with E-state index in [1.165, 1.54) is 6.07 Å². The quantitative estimate of drug-likeness (QED) is 0.502. The van der Waals surface area contributed by atoms with Gasteiger partial charge in [-0.25, -0.2) is 9.37 Å². The van der Waals surface area contributed by atoms with E-state index >= 15 is 0 Å². The molecule has 3 rings (SSSR count). The number of imidazole rings is 1. The van der Waals surface area contributed by atoms with Gasteiger partial charge in [0.2, 0.25) is 0 Å². The minimum Gasteiger partial charge on any atom is -0.296 e. The lowest BCUT2D eigenvalue weighted by Gasteiger charge is -2.09. The van der Waals surface area contributed by atoms with Crippen LogP contribution in [0.25, 0.3) is 16.7 Å². The van der Waals surface area contributed by atoms with Crippen molar-refractivity contribution in [1.82, 2.24) is 9.55 Å². The van der Waals surface area contributed by atoms with Gasteiger partial charge < -0.3 is 0 Å². The van der Waals surface area contributed by atoms with E-state index in [9.17, 15) is 4.39 Å². The highest BCUT2D eigenvalue weighted by atomic mass is 79.9. The number of nitrogens with zero attached hydrogens (tertiary/aromatic N) is 2. The van der Waals surface area contributed by atoms with E-state index in [2.05, 4.69) is 36.8 Å². The fraction of sp³-hybridized carbons (Fsp3) is 0.133. The van der Waals surface area contributed by atoms with Gasteiger partial charge in [0.15, 0.2) is 0 Å². The fourth-order valence-electron chi connectivity index (χ4n) is 2.26. The summed E-state index contributed by atoms with van der Waals surface area (Å²) in [7, 11) is 0. The van der Waals surface area contributed by atoms with Crippen molar-refractivity contribution in [3.63, 3.8) is 0 Å². The molecule has 1 heterocycles. The summed E-state index contributed by atoms with van der Waals surface area (Å²) in [5.74, 6) is 1.05. The lowest BCUT2D eigenvalue weighted by Crippen LogP contribution is -2.02. The third kappa shape index (κ3) is 2.87. The van der Waals surface area contributed by atoms with E-state index in [0.717, 1.165) is 27.0 Å². The van der Waals surface area contributed by atoms with Crippen LogP contribution in [0, 0.1) is 5.82 Å². The second-order valence-electron chi connectivity index (χ2n) is 4.53. The van der Waals surface area contributed by atoms with Crippen molar-refractivity contribution in [2.75, 3.05) is 5.88 Å². The maximum absolute atomic E-state index is 13.5. The number of halogens is 4. The molecule has 1 aromatic heterocycles. The zero-order valence-corrected chi connectivity index (χ0v) is 14.7. The highest BCUT2D eigenvalue weighted by Gasteiger charge is 2.13. The van der Waals surface area contributed by atoms with Crippen LogP contribution >= 0.6 is 43.5 Å². The highest BCUT2D eigenvalue weighted by molar-refractivity contribution is 9.10. The molecule has 21 heavy (non-hydrogen) atoms. The monoisotopic (exact) mass is 430 g/mol. The van der Waals surface area contributed by atoms with Crippen molar-refractivity contribution < 1.29 is 4.39 Å². The molecule has 0 spiro atoms. The van der Waals surface area contributed by atoms with Gasteiger partial charge in [-0.2, -0.15) is 0 Å². The van der Waals surface area contributed by atoms with Gasteiger partial charge in [0.1, 0.15) is 11.6 Å².